The summed E-state index contributed by atoms with van der Waals surface area (Å²) in [4.78, 5) is 0. The van der Waals surface area contributed by atoms with Gasteiger partial charge < -0.3 is 0 Å². The highest BCUT2D eigenvalue weighted by atomic mass is 19.1. The number of hydrogen-bond acceptors (Lipinski definition) is 0. The van der Waals surface area contributed by atoms with Crippen LogP contribution in [0.4, 0.5) is 4.39 Å². The fourth-order valence-electron chi connectivity index (χ4n) is 2.84. The van der Waals surface area contributed by atoms with Gasteiger partial charge in [-0.25, -0.2) is 0 Å². The van der Waals surface area contributed by atoms with Gasteiger partial charge >= 0.3 is 0 Å². The van der Waals surface area contributed by atoms with Crippen molar-refractivity contribution in [1.82, 2.24) is 0 Å². The molecule has 3 aliphatic carbocycles. The van der Waals surface area contributed by atoms with Crippen LogP contribution >= 0.6 is 0 Å². The number of allylic oxidation sites excluding steroid dienone is 2. The van der Waals surface area contributed by atoms with Gasteiger partial charge in [-0.2, -0.15) is 0 Å². The minimum absolute atomic E-state index is 0.170. The van der Waals surface area contributed by atoms with Crippen molar-refractivity contribution in [2.24, 2.45) is 17.8 Å². The second-order valence-corrected chi connectivity index (χ2v) is 5.31. The van der Waals surface area contributed by atoms with Gasteiger partial charge in [0.1, 0.15) is 0 Å². The van der Waals surface area contributed by atoms with Crippen LogP contribution in [0, 0.1) is 17.8 Å². The van der Waals surface area contributed by atoms with E-state index in [-0.39, 0.29) is 12.6 Å². The van der Waals surface area contributed by atoms with Gasteiger partial charge in [-0.3, -0.25) is 4.39 Å². The van der Waals surface area contributed by atoms with Crippen molar-refractivity contribution in [2.45, 2.75) is 51.4 Å². The molecular weight excluding hydrogens is 187 g/mol. The standard InChI is InChI=1S/C7H11F.C7H12/c8-6-7-4-2-1-3-5-7;1-2-4-7-5-6(7)3-1/h2,4,7H,1,3,5-6H2;6-7H,1-5H2. The summed E-state index contributed by atoms with van der Waals surface area (Å²) in [6, 6.07) is 0. The average Bonchev–Trinajstić information content (AvgIpc) is 3.10. The van der Waals surface area contributed by atoms with Crippen molar-refractivity contribution in [1.29, 1.82) is 0 Å². The first-order valence-electron chi connectivity index (χ1n) is 6.62. The second kappa shape index (κ2) is 5.67. The number of fused-ring (bicyclic) bond motifs is 1. The zero-order valence-electron chi connectivity index (χ0n) is 9.63. The molecule has 2 fully saturated rings. The molecule has 0 N–H and O–H groups in total. The Hall–Kier alpha value is -0.330. The summed E-state index contributed by atoms with van der Waals surface area (Å²) in [5, 5.41) is 0. The van der Waals surface area contributed by atoms with E-state index in [0.717, 1.165) is 12.8 Å². The van der Waals surface area contributed by atoms with E-state index in [1.807, 2.05) is 6.08 Å². The molecule has 0 nitrogen and oxygen atoms in total. The van der Waals surface area contributed by atoms with Crippen molar-refractivity contribution >= 4 is 0 Å². The van der Waals surface area contributed by atoms with Crippen LogP contribution in [-0.2, 0) is 0 Å². The highest BCUT2D eigenvalue weighted by Crippen LogP contribution is 2.49. The number of alkyl halides is 1. The normalized spacial score (nSPS) is 37.5. The summed E-state index contributed by atoms with van der Waals surface area (Å²) in [5.41, 5.74) is 0. The molecule has 0 aliphatic heterocycles. The van der Waals surface area contributed by atoms with Gasteiger partial charge in [-0.15, -0.1) is 0 Å². The Morgan fingerprint density at radius 1 is 1.00 bits per heavy atom. The fourth-order valence-corrected chi connectivity index (χ4v) is 2.84. The molecule has 0 amide bonds. The maximum Gasteiger partial charge on any atom is 0.0956 e. The zero-order valence-corrected chi connectivity index (χ0v) is 9.63. The summed E-state index contributed by atoms with van der Waals surface area (Å²) in [6.45, 7) is -0.170. The van der Waals surface area contributed by atoms with Crippen molar-refractivity contribution in [3.05, 3.63) is 12.2 Å². The lowest BCUT2D eigenvalue weighted by Gasteiger charge is -2.10. The van der Waals surface area contributed by atoms with Crippen molar-refractivity contribution < 1.29 is 4.39 Å². The Balaban J connectivity index is 0.000000114. The third-order valence-corrected chi connectivity index (χ3v) is 4.02. The van der Waals surface area contributed by atoms with Crippen LogP contribution in [-0.4, -0.2) is 6.67 Å². The quantitative estimate of drug-likeness (QED) is 0.559. The Bertz CT molecular complexity index is 199. The number of rotatable bonds is 1. The summed E-state index contributed by atoms with van der Waals surface area (Å²) < 4.78 is 11.8. The van der Waals surface area contributed by atoms with Gasteiger partial charge in [0.05, 0.1) is 6.67 Å². The number of halogens is 1. The van der Waals surface area contributed by atoms with Crippen LogP contribution in [0.2, 0.25) is 0 Å². The summed E-state index contributed by atoms with van der Waals surface area (Å²) >= 11 is 0. The highest BCUT2D eigenvalue weighted by molar-refractivity contribution is 4.92. The molecule has 0 aromatic rings. The Morgan fingerprint density at radius 3 is 2.13 bits per heavy atom. The molecule has 15 heavy (non-hydrogen) atoms. The molecule has 3 aliphatic rings. The predicted molar refractivity (Wildman–Crippen MR) is 62.5 cm³/mol. The molecule has 2 saturated carbocycles. The Kier molecular flexibility index (Phi) is 4.22. The van der Waals surface area contributed by atoms with Crippen LogP contribution < -0.4 is 0 Å². The first-order valence-corrected chi connectivity index (χ1v) is 6.62. The summed E-state index contributed by atoms with van der Waals surface area (Å²) in [7, 11) is 0. The van der Waals surface area contributed by atoms with Crippen LogP contribution in [0.25, 0.3) is 0 Å². The first kappa shape index (κ1) is 11.2. The third-order valence-electron chi connectivity index (χ3n) is 4.02. The second-order valence-electron chi connectivity index (χ2n) is 5.31. The van der Waals surface area contributed by atoms with E-state index in [1.54, 1.807) is 19.3 Å². The van der Waals surface area contributed by atoms with Gasteiger partial charge in [0.15, 0.2) is 0 Å². The maximum atomic E-state index is 11.8. The summed E-state index contributed by atoms with van der Waals surface area (Å²) in [6.07, 6.45) is 15.2. The lowest BCUT2D eigenvalue weighted by molar-refractivity contribution is 0.381. The van der Waals surface area contributed by atoms with Crippen molar-refractivity contribution in [3.63, 3.8) is 0 Å². The van der Waals surface area contributed by atoms with Crippen LogP contribution in [0.1, 0.15) is 51.4 Å². The van der Waals surface area contributed by atoms with Crippen LogP contribution in [0.3, 0.4) is 0 Å². The first-order chi connectivity index (χ1) is 7.40. The van der Waals surface area contributed by atoms with Gasteiger partial charge in [-0.05, 0) is 37.5 Å². The van der Waals surface area contributed by atoms with E-state index in [4.69, 9.17) is 0 Å². The van der Waals surface area contributed by atoms with Crippen molar-refractivity contribution in [3.8, 4) is 0 Å². The zero-order chi connectivity index (χ0) is 10.5. The van der Waals surface area contributed by atoms with Gasteiger partial charge in [0.25, 0.3) is 0 Å². The van der Waals surface area contributed by atoms with Gasteiger partial charge in [0.2, 0.25) is 0 Å². The van der Waals surface area contributed by atoms with E-state index in [9.17, 15) is 4.39 Å². The molecule has 0 aromatic heterocycles. The highest BCUT2D eigenvalue weighted by Gasteiger charge is 2.37. The molecule has 0 heterocycles. The van der Waals surface area contributed by atoms with E-state index in [1.165, 1.54) is 31.1 Å². The topological polar surface area (TPSA) is 0 Å². The minimum Gasteiger partial charge on any atom is -0.250 e. The van der Waals surface area contributed by atoms with Gasteiger partial charge in [-0.1, -0.05) is 37.8 Å². The molecule has 86 valence electrons. The number of hydrogen-bond donors (Lipinski definition) is 0. The molecule has 1 heteroatoms. The lowest BCUT2D eigenvalue weighted by atomic mass is 9.97. The van der Waals surface area contributed by atoms with Crippen LogP contribution in [0.15, 0.2) is 12.2 Å². The smallest absolute Gasteiger partial charge is 0.0956 e. The molecular formula is C14H23F. The van der Waals surface area contributed by atoms with E-state index >= 15 is 0 Å². The average molecular weight is 210 g/mol. The van der Waals surface area contributed by atoms with Gasteiger partial charge in [0, 0.05) is 5.92 Å². The molecule has 3 atom stereocenters. The molecule has 0 bridgehead atoms. The predicted octanol–water partition coefficient (Wildman–Crippen LogP) is 4.51. The molecule has 0 radical (unpaired) electrons. The van der Waals surface area contributed by atoms with E-state index in [2.05, 4.69) is 6.08 Å². The Morgan fingerprint density at radius 2 is 1.73 bits per heavy atom. The molecule has 0 saturated heterocycles. The fraction of sp³-hybridized carbons (Fsp3) is 0.857. The SMILES string of the molecule is C1CCC2CC2C1.FCC1C=CCCC1. The maximum absolute atomic E-state index is 11.8. The Labute approximate surface area is 92.9 Å². The molecule has 0 aromatic carbocycles. The lowest BCUT2D eigenvalue weighted by Crippen LogP contribution is -2.01. The molecule has 3 unspecified atom stereocenters. The molecule has 0 spiro atoms. The minimum atomic E-state index is -0.170. The van der Waals surface area contributed by atoms with Crippen molar-refractivity contribution in [2.75, 3.05) is 6.67 Å². The monoisotopic (exact) mass is 210 g/mol. The summed E-state index contributed by atoms with van der Waals surface area (Å²) in [5.74, 6) is 2.64. The third kappa shape index (κ3) is 3.62. The largest absolute Gasteiger partial charge is 0.250 e. The van der Waals surface area contributed by atoms with E-state index in [0.29, 0.717) is 0 Å². The van der Waals surface area contributed by atoms with Crippen LogP contribution in [0.5, 0.6) is 0 Å². The van der Waals surface area contributed by atoms with E-state index < -0.39 is 0 Å². The molecule has 3 rings (SSSR count).